The van der Waals surface area contributed by atoms with Gasteiger partial charge in [-0.15, -0.1) is 0 Å². The summed E-state index contributed by atoms with van der Waals surface area (Å²) in [5, 5.41) is 9.77. The summed E-state index contributed by atoms with van der Waals surface area (Å²) in [6.45, 7) is 0. The molecule has 9 aromatic rings. The normalized spacial score (nSPS) is 11.9. The molecular weight excluding hydrogens is 556 g/mol. The number of hydrogen-bond donors (Lipinski definition) is 0. The third kappa shape index (κ3) is 3.71. The molecule has 46 heavy (non-hydrogen) atoms. The number of aromatic nitrogens is 2. The molecule has 0 bridgehead atoms. The van der Waals surface area contributed by atoms with E-state index in [4.69, 9.17) is 9.97 Å². The minimum Gasteiger partial charge on any atom is -0.228 e. The molecule has 1 aromatic heterocycles. The van der Waals surface area contributed by atoms with Crippen molar-refractivity contribution < 1.29 is 0 Å². The summed E-state index contributed by atoms with van der Waals surface area (Å²) in [7, 11) is 0. The minimum atomic E-state index is 0.735. The minimum absolute atomic E-state index is 0.735. The fraction of sp³-hybridized carbons (Fsp3) is 0. The summed E-state index contributed by atoms with van der Waals surface area (Å²) in [6, 6.07) is 56.6. The molecular formula is C44H26N2. The molecule has 0 saturated heterocycles. The Bertz CT molecular complexity index is 2680. The smallest absolute Gasteiger partial charge is 0.161 e. The Morgan fingerprint density at radius 2 is 1.00 bits per heavy atom. The van der Waals surface area contributed by atoms with Gasteiger partial charge in [-0.2, -0.15) is 0 Å². The van der Waals surface area contributed by atoms with Gasteiger partial charge in [0.2, 0.25) is 0 Å². The molecule has 0 N–H and O–H groups in total. The fourth-order valence-electron chi connectivity index (χ4n) is 7.48. The molecule has 8 aromatic carbocycles. The fourth-order valence-corrected chi connectivity index (χ4v) is 7.48. The molecule has 1 heterocycles. The zero-order valence-corrected chi connectivity index (χ0v) is 24.9. The Labute approximate surface area is 266 Å². The van der Waals surface area contributed by atoms with E-state index in [2.05, 4.69) is 158 Å². The van der Waals surface area contributed by atoms with E-state index in [1.807, 2.05) is 0 Å². The van der Waals surface area contributed by atoms with E-state index in [1.54, 1.807) is 0 Å². The molecule has 1 aliphatic carbocycles. The van der Waals surface area contributed by atoms with E-state index in [9.17, 15) is 0 Å². The van der Waals surface area contributed by atoms with E-state index in [0.29, 0.717) is 0 Å². The Hall–Kier alpha value is -6.12. The van der Waals surface area contributed by atoms with Crippen LogP contribution >= 0.6 is 0 Å². The van der Waals surface area contributed by atoms with Crippen LogP contribution in [0.2, 0.25) is 0 Å². The quantitative estimate of drug-likeness (QED) is 0.153. The standard InChI is InChI=1S/C44H26N2/c1-2-11-28(12-3-1)40-26-41(31-21-22-34-35-18-8-14-29-15-9-19-36(42(29)35)39(34)25-31)46-44(45-40)43-33-17-7-5-13-30(33)24-38-32-16-6-4-10-27(32)20-23-37(38)43/h1-26H. The van der Waals surface area contributed by atoms with Gasteiger partial charge in [0.25, 0.3) is 0 Å². The second-order valence-electron chi connectivity index (χ2n) is 12.2. The lowest BCUT2D eigenvalue weighted by Gasteiger charge is -2.15. The summed E-state index contributed by atoms with van der Waals surface area (Å²) in [5.41, 5.74) is 10.2. The summed E-state index contributed by atoms with van der Waals surface area (Å²) in [6.07, 6.45) is 0. The highest BCUT2D eigenvalue weighted by Crippen LogP contribution is 2.48. The van der Waals surface area contributed by atoms with Crippen LogP contribution in [0.4, 0.5) is 0 Å². The molecule has 212 valence electrons. The van der Waals surface area contributed by atoms with Gasteiger partial charge < -0.3 is 0 Å². The zero-order valence-electron chi connectivity index (χ0n) is 24.9. The molecule has 0 radical (unpaired) electrons. The number of rotatable bonds is 3. The number of nitrogens with zero attached hydrogens (tertiary/aromatic N) is 2. The summed E-state index contributed by atoms with van der Waals surface area (Å²) < 4.78 is 0. The molecule has 0 fully saturated rings. The first-order valence-corrected chi connectivity index (χ1v) is 15.8. The number of benzene rings is 8. The van der Waals surface area contributed by atoms with Crippen LogP contribution in [0.3, 0.4) is 0 Å². The van der Waals surface area contributed by atoms with Gasteiger partial charge in [-0.3, -0.25) is 0 Å². The topological polar surface area (TPSA) is 25.8 Å². The predicted molar refractivity (Wildman–Crippen MR) is 193 cm³/mol. The van der Waals surface area contributed by atoms with Crippen LogP contribution in [0.25, 0.3) is 99.2 Å². The van der Waals surface area contributed by atoms with Crippen molar-refractivity contribution in [2.24, 2.45) is 0 Å². The number of hydrogen-bond acceptors (Lipinski definition) is 2. The average Bonchev–Trinajstić information content (AvgIpc) is 3.45. The summed E-state index contributed by atoms with van der Waals surface area (Å²) in [4.78, 5) is 10.7. The summed E-state index contributed by atoms with van der Waals surface area (Å²) >= 11 is 0. The average molecular weight is 583 g/mol. The highest BCUT2D eigenvalue weighted by atomic mass is 14.9. The zero-order chi connectivity index (χ0) is 30.2. The molecule has 2 nitrogen and oxygen atoms in total. The molecule has 0 unspecified atom stereocenters. The molecule has 0 amide bonds. The Balaban J connectivity index is 1.26. The molecule has 1 aliphatic rings. The van der Waals surface area contributed by atoms with E-state index in [-0.39, 0.29) is 0 Å². The van der Waals surface area contributed by atoms with Gasteiger partial charge in [0.05, 0.1) is 11.4 Å². The van der Waals surface area contributed by atoms with Crippen molar-refractivity contribution in [3.8, 4) is 56.2 Å². The van der Waals surface area contributed by atoms with Crippen molar-refractivity contribution >= 4 is 43.1 Å². The van der Waals surface area contributed by atoms with E-state index >= 15 is 0 Å². The third-order valence-electron chi connectivity index (χ3n) is 9.59. The first kappa shape index (κ1) is 25.2. The first-order chi connectivity index (χ1) is 22.8. The molecule has 0 aliphatic heterocycles. The number of fused-ring (bicyclic) bond motifs is 7. The van der Waals surface area contributed by atoms with Crippen LogP contribution in [0, 0.1) is 0 Å². The van der Waals surface area contributed by atoms with Gasteiger partial charge in [0, 0.05) is 16.7 Å². The monoisotopic (exact) mass is 582 g/mol. The Morgan fingerprint density at radius 3 is 1.83 bits per heavy atom. The lowest BCUT2D eigenvalue weighted by atomic mass is 9.92. The van der Waals surface area contributed by atoms with E-state index in [0.717, 1.165) is 44.7 Å². The predicted octanol–water partition coefficient (Wildman–Crippen LogP) is 11.7. The molecule has 10 rings (SSSR count). The first-order valence-electron chi connectivity index (χ1n) is 15.8. The highest BCUT2D eigenvalue weighted by molar-refractivity contribution is 6.20. The van der Waals surface area contributed by atoms with Crippen molar-refractivity contribution in [2.45, 2.75) is 0 Å². The van der Waals surface area contributed by atoms with E-state index in [1.165, 1.54) is 54.6 Å². The second kappa shape index (κ2) is 9.69. The van der Waals surface area contributed by atoms with Crippen molar-refractivity contribution in [3.63, 3.8) is 0 Å². The van der Waals surface area contributed by atoms with Crippen molar-refractivity contribution in [1.82, 2.24) is 9.97 Å². The maximum atomic E-state index is 5.39. The van der Waals surface area contributed by atoms with Crippen molar-refractivity contribution in [2.75, 3.05) is 0 Å². The van der Waals surface area contributed by atoms with Crippen LogP contribution < -0.4 is 0 Å². The Morgan fingerprint density at radius 1 is 0.326 bits per heavy atom. The van der Waals surface area contributed by atoms with Crippen LogP contribution in [-0.2, 0) is 0 Å². The van der Waals surface area contributed by atoms with Gasteiger partial charge in [-0.05, 0) is 83.5 Å². The van der Waals surface area contributed by atoms with Gasteiger partial charge in [0.1, 0.15) is 0 Å². The SMILES string of the molecule is c1ccc(-c2cc(-c3ccc4c(c3)-c3cccc5cccc-4c35)nc(-c3c4ccccc4cc4c3ccc3ccccc34)n2)cc1. The van der Waals surface area contributed by atoms with Gasteiger partial charge in [-0.25, -0.2) is 9.97 Å². The molecule has 2 heteroatoms. The van der Waals surface area contributed by atoms with E-state index < -0.39 is 0 Å². The Kier molecular flexibility index (Phi) is 5.31. The maximum Gasteiger partial charge on any atom is 0.161 e. The molecule has 0 atom stereocenters. The molecule has 0 saturated carbocycles. The van der Waals surface area contributed by atoms with Crippen LogP contribution in [0.15, 0.2) is 158 Å². The van der Waals surface area contributed by atoms with Crippen LogP contribution in [-0.4, -0.2) is 9.97 Å². The van der Waals surface area contributed by atoms with Crippen molar-refractivity contribution in [1.29, 1.82) is 0 Å². The highest BCUT2D eigenvalue weighted by Gasteiger charge is 2.23. The second-order valence-corrected chi connectivity index (χ2v) is 12.2. The van der Waals surface area contributed by atoms with Crippen LogP contribution in [0.5, 0.6) is 0 Å². The van der Waals surface area contributed by atoms with Gasteiger partial charge >= 0.3 is 0 Å². The lowest BCUT2D eigenvalue weighted by molar-refractivity contribution is 1.19. The van der Waals surface area contributed by atoms with Gasteiger partial charge in [-0.1, -0.05) is 140 Å². The summed E-state index contributed by atoms with van der Waals surface area (Å²) in [5.74, 6) is 0.735. The maximum absolute atomic E-state index is 5.39. The van der Waals surface area contributed by atoms with Crippen molar-refractivity contribution in [3.05, 3.63) is 158 Å². The van der Waals surface area contributed by atoms with Gasteiger partial charge in [0.15, 0.2) is 5.82 Å². The lowest BCUT2D eigenvalue weighted by Crippen LogP contribution is -1.98. The largest absolute Gasteiger partial charge is 0.228 e. The van der Waals surface area contributed by atoms with Crippen LogP contribution in [0.1, 0.15) is 0 Å². The third-order valence-corrected chi connectivity index (χ3v) is 9.59. The molecule has 0 spiro atoms.